The molecular weight excluding hydrogens is 655 g/mol. The molecule has 208 valence electrons. The van der Waals surface area contributed by atoms with Crippen molar-refractivity contribution in [3.8, 4) is 5.82 Å². The Labute approximate surface area is 245 Å². The largest absolute Gasteiger partial charge is 0.366 e. The summed E-state index contributed by atoms with van der Waals surface area (Å²) in [6.07, 6.45) is 1.46. The van der Waals surface area contributed by atoms with E-state index < -0.39 is 38.3 Å². The average molecular weight is 673 g/mol. The first kappa shape index (κ1) is 29.6. The van der Waals surface area contributed by atoms with Crippen LogP contribution >= 0.6 is 39.1 Å². The molecule has 0 radical (unpaired) electrons. The molecule has 40 heavy (non-hydrogen) atoms. The van der Waals surface area contributed by atoms with Gasteiger partial charge in [-0.3, -0.25) is 9.59 Å². The van der Waals surface area contributed by atoms with E-state index in [0.29, 0.717) is 5.56 Å². The number of pyridine rings is 1. The lowest BCUT2D eigenvalue weighted by atomic mass is 10.1. The summed E-state index contributed by atoms with van der Waals surface area (Å²) in [5.74, 6) is -1.67. The summed E-state index contributed by atoms with van der Waals surface area (Å²) < 4.78 is 55.9. The Kier molecular flexibility index (Phi) is 8.59. The minimum Gasteiger partial charge on any atom is -0.345 e. The van der Waals surface area contributed by atoms with Gasteiger partial charge < -0.3 is 10.6 Å². The zero-order valence-corrected chi connectivity index (χ0v) is 24.2. The number of carbonyl (C=O) groups excluding carboxylic acids is 2. The fourth-order valence-electron chi connectivity index (χ4n) is 3.62. The fraction of sp³-hybridized carbons (Fsp3) is 0.120. The van der Waals surface area contributed by atoms with Gasteiger partial charge in [0, 0.05) is 17.3 Å². The van der Waals surface area contributed by atoms with Crippen LogP contribution < -0.4 is 10.6 Å². The van der Waals surface area contributed by atoms with Crippen molar-refractivity contribution in [2.45, 2.75) is 17.1 Å². The van der Waals surface area contributed by atoms with Gasteiger partial charge in [0.15, 0.2) is 5.82 Å². The van der Waals surface area contributed by atoms with E-state index in [1.165, 1.54) is 48.1 Å². The van der Waals surface area contributed by atoms with Gasteiger partial charge >= 0.3 is 5.25 Å². The minimum absolute atomic E-state index is 0.0197. The first-order valence-electron chi connectivity index (χ1n) is 11.3. The Morgan fingerprint density at radius 3 is 2.42 bits per heavy atom. The third-order valence-electron chi connectivity index (χ3n) is 5.54. The SMILES string of the molecule is Cc1cc(Cl)cc(C(=O)NCC(F)(F)S(=O)(=O)c2ccccc2)c1NC(=O)c1cc(Br)nn1-c1ncccc1Cl. The molecule has 0 unspecified atom stereocenters. The second-order valence-corrected chi connectivity index (χ2v) is 12.0. The van der Waals surface area contributed by atoms with Gasteiger partial charge in [-0.25, -0.2) is 18.1 Å². The van der Waals surface area contributed by atoms with Crippen LogP contribution in [0.5, 0.6) is 0 Å². The Bertz CT molecular complexity index is 1720. The van der Waals surface area contributed by atoms with Crippen LogP contribution in [0.25, 0.3) is 5.82 Å². The molecule has 2 aromatic carbocycles. The number of anilines is 1. The Balaban J connectivity index is 1.62. The molecule has 0 bridgehead atoms. The summed E-state index contributed by atoms with van der Waals surface area (Å²) >= 11 is 15.5. The molecule has 0 fully saturated rings. The number of hydrogen-bond donors (Lipinski definition) is 2. The van der Waals surface area contributed by atoms with E-state index in [-0.39, 0.29) is 37.4 Å². The van der Waals surface area contributed by atoms with Gasteiger partial charge in [0.25, 0.3) is 11.8 Å². The number of hydrogen-bond acceptors (Lipinski definition) is 6. The molecule has 15 heteroatoms. The van der Waals surface area contributed by atoms with Crippen molar-refractivity contribution in [1.29, 1.82) is 0 Å². The van der Waals surface area contributed by atoms with Gasteiger partial charge in [-0.15, -0.1) is 0 Å². The number of aryl methyl sites for hydroxylation is 1. The second-order valence-electron chi connectivity index (χ2n) is 8.31. The van der Waals surface area contributed by atoms with Crippen LogP contribution in [0.3, 0.4) is 0 Å². The molecule has 4 aromatic rings. The number of rotatable bonds is 8. The molecule has 0 saturated carbocycles. The zero-order valence-electron chi connectivity index (χ0n) is 20.3. The highest BCUT2D eigenvalue weighted by atomic mass is 79.9. The topological polar surface area (TPSA) is 123 Å². The van der Waals surface area contributed by atoms with Gasteiger partial charge in [-0.2, -0.15) is 13.9 Å². The van der Waals surface area contributed by atoms with Crippen LogP contribution in [0.2, 0.25) is 10.0 Å². The van der Waals surface area contributed by atoms with Crippen LogP contribution in [0.1, 0.15) is 26.4 Å². The molecule has 2 aromatic heterocycles. The predicted octanol–water partition coefficient (Wildman–Crippen LogP) is 5.69. The first-order valence-corrected chi connectivity index (χ1v) is 14.3. The van der Waals surface area contributed by atoms with Crippen LogP contribution in [0.15, 0.2) is 76.4 Å². The van der Waals surface area contributed by atoms with Crippen molar-refractivity contribution in [2.24, 2.45) is 0 Å². The number of aromatic nitrogens is 3. The van der Waals surface area contributed by atoms with Crippen molar-refractivity contribution in [3.05, 3.63) is 98.3 Å². The Morgan fingerprint density at radius 1 is 1.05 bits per heavy atom. The van der Waals surface area contributed by atoms with Gasteiger partial charge in [0.1, 0.15) is 10.3 Å². The Hall–Kier alpha value is -3.39. The van der Waals surface area contributed by atoms with Crippen LogP contribution in [0, 0.1) is 6.92 Å². The highest BCUT2D eigenvalue weighted by molar-refractivity contribution is 9.10. The smallest absolute Gasteiger partial charge is 0.345 e. The molecule has 0 aliphatic carbocycles. The van der Waals surface area contributed by atoms with Crippen molar-refractivity contribution in [1.82, 2.24) is 20.1 Å². The summed E-state index contributed by atoms with van der Waals surface area (Å²) in [5.41, 5.74) is -0.00582. The summed E-state index contributed by atoms with van der Waals surface area (Å²) in [6, 6.07) is 13.3. The number of halogens is 5. The van der Waals surface area contributed by atoms with E-state index in [9.17, 15) is 26.8 Å². The molecule has 0 aliphatic heterocycles. The third-order valence-corrected chi connectivity index (χ3v) is 8.26. The summed E-state index contributed by atoms with van der Waals surface area (Å²) in [5, 5.41) is 4.67. The van der Waals surface area contributed by atoms with Crippen LogP contribution in [0.4, 0.5) is 14.5 Å². The van der Waals surface area contributed by atoms with Gasteiger partial charge in [0.2, 0.25) is 9.84 Å². The fourth-order valence-corrected chi connectivity index (χ4v) is 5.59. The van der Waals surface area contributed by atoms with E-state index in [1.54, 1.807) is 12.1 Å². The third kappa shape index (κ3) is 6.02. The molecule has 2 amide bonds. The highest BCUT2D eigenvalue weighted by Gasteiger charge is 2.46. The summed E-state index contributed by atoms with van der Waals surface area (Å²) in [6.45, 7) is 0.00940. The minimum atomic E-state index is -5.10. The maximum absolute atomic E-state index is 14.8. The molecule has 0 spiro atoms. The number of benzene rings is 2. The van der Waals surface area contributed by atoms with E-state index in [1.807, 2.05) is 5.32 Å². The van der Waals surface area contributed by atoms with Crippen molar-refractivity contribution in [3.63, 3.8) is 0 Å². The number of alkyl halides is 2. The maximum atomic E-state index is 14.8. The standard InChI is InChI=1S/C25H18BrCl2F2N5O4S/c1-14-10-15(27)11-17(23(36)32-13-25(29,30)40(38,39)16-6-3-2-4-7-16)21(14)33-24(37)19-12-20(26)34-35(19)22-18(28)8-5-9-31-22/h2-12H,13H2,1H3,(H,32,36)(H,33,37). The zero-order chi connectivity index (χ0) is 29.2. The molecule has 4 rings (SSSR count). The number of amides is 2. The summed E-state index contributed by atoms with van der Waals surface area (Å²) in [4.78, 5) is 29.9. The molecule has 2 N–H and O–H groups in total. The lowest BCUT2D eigenvalue weighted by Gasteiger charge is -2.19. The number of nitrogens with zero attached hydrogens (tertiary/aromatic N) is 3. The van der Waals surface area contributed by atoms with Crippen molar-refractivity contribution < 1.29 is 26.8 Å². The van der Waals surface area contributed by atoms with E-state index in [2.05, 4.69) is 31.3 Å². The number of sulfone groups is 1. The molecular formula is C25H18BrCl2F2N5O4S. The Morgan fingerprint density at radius 2 is 1.75 bits per heavy atom. The average Bonchev–Trinajstić information content (AvgIpc) is 3.30. The molecule has 0 aliphatic rings. The van der Waals surface area contributed by atoms with Crippen molar-refractivity contribution in [2.75, 3.05) is 11.9 Å². The van der Waals surface area contributed by atoms with Gasteiger partial charge in [-0.1, -0.05) is 41.4 Å². The molecule has 2 heterocycles. The van der Waals surface area contributed by atoms with Crippen LogP contribution in [-0.4, -0.2) is 46.8 Å². The quantitative estimate of drug-likeness (QED) is 0.248. The number of carbonyl (C=O) groups is 2. The van der Waals surface area contributed by atoms with E-state index in [0.717, 1.165) is 18.2 Å². The molecule has 0 saturated heterocycles. The normalized spacial score (nSPS) is 11.8. The lowest BCUT2D eigenvalue weighted by Crippen LogP contribution is -2.42. The monoisotopic (exact) mass is 671 g/mol. The second kappa shape index (κ2) is 11.6. The molecule has 0 atom stereocenters. The van der Waals surface area contributed by atoms with Gasteiger partial charge in [-0.05, 0) is 64.8 Å². The van der Waals surface area contributed by atoms with E-state index in [4.69, 9.17) is 23.2 Å². The first-order chi connectivity index (χ1) is 18.8. The maximum Gasteiger partial charge on any atom is 0.366 e. The van der Waals surface area contributed by atoms with Gasteiger partial charge in [0.05, 0.1) is 27.7 Å². The number of nitrogens with one attached hydrogen (secondary N) is 2. The van der Waals surface area contributed by atoms with Crippen LogP contribution in [-0.2, 0) is 9.84 Å². The lowest BCUT2D eigenvalue weighted by molar-refractivity contribution is 0.0757. The van der Waals surface area contributed by atoms with Crippen molar-refractivity contribution >= 4 is 66.5 Å². The molecule has 9 nitrogen and oxygen atoms in total. The highest BCUT2D eigenvalue weighted by Crippen LogP contribution is 2.30. The van der Waals surface area contributed by atoms with E-state index >= 15 is 0 Å². The summed E-state index contributed by atoms with van der Waals surface area (Å²) in [7, 11) is -5.10. The predicted molar refractivity (Wildman–Crippen MR) is 149 cm³/mol.